The minimum atomic E-state index is -0.0696. The lowest BCUT2D eigenvalue weighted by Gasteiger charge is -2.08. The number of aliphatic hydroxyl groups excluding tert-OH is 1. The molecule has 0 aliphatic carbocycles. The van der Waals surface area contributed by atoms with Crippen LogP contribution in [-0.4, -0.2) is 31.0 Å². The molecule has 0 aliphatic heterocycles. The summed E-state index contributed by atoms with van der Waals surface area (Å²) in [6.45, 7) is 3.93. The number of benzene rings is 2. The molecule has 25 heavy (non-hydrogen) atoms. The van der Waals surface area contributed by atoms with Crippen molar-refractivity contribution in [1.82, 2.24) is 0 Å². The summed E-state index contributed by atoms with van der Waals surface area (Å²) in [5.41, 5.74) is 1.65. The summed E-state index contributed by atoms with van der Waals surface area (Å²) in [6, 6.07) is 10.3. The number of aryl methyl sites for hydroxylation is 1. The molecule has 0 aromatic heterocycles. The third kappa shape index (κ3) is 6.66. The summed E-state index contributed by atoms with van der Waals surface area (Å²) in [4.78, 5) is 0. The van der Waals surface area contributed by atoms with Crippen LogP contribution in [0.3, 0.4) is 0 Å². The molecule has 0 radical (unpaired) electrons. The normalized spacial score (nSPS) is 9.16. The molecule has 0 saturated carbocycles. The van der Waals surface area contributed by atoms with E-state index in [4.69, 9.17) is 24.4 Å². The Kier molecular flexibility index (Phi) is 8.77. The number of aromatic hydroxyl groups is 1. The Balaban J connectivity index is 0.000000271. The summed E-state index contributed by atoms with van der Waals surface area (Å²) in [5, 5.41) is 18.1. The molecule has 2 aromatic carbocycles. The maximum Gasteiger partial charge on any atom is 0.149 e. The molecule has 2 rings (SSSR count). The van der Waals surface area contributed by atoms with Gasteiger partial charge in [-0.15, -0.1) is 5.92 Å². The first-order valence-corrected chi connectivity index (χ1v) is 7.69. The Morgan fingerprint density at radius 3 is 2.24 bits per heavy atom. The number of phenols is 1. The third-order valence-electron chi connectivity index (χ3n) is 3.29. The smallest absolute Gasteiger partial charge is 0.149 e. The van der Waals surface area contributed by atoms with Gasteiger partial charge in [0.15, 0.2) is 0 Å². The van der Waals surface area contributed by atoms with Gasteiger partial charge < -0.3 is 24.4 Å². The Hall–Kier alpha value is -2.84. The Bertz CT molecular complexity index is 729. The highest BCUT2D eigenvalue weighted by molar-refractivity contribution is 5.40. The highest BCUT2D eigenvalue weighted by Crippen LogP contribution is 2.24. The lowest BCUT2D eigenvalue weighted by atomic mass is 10.2. The summed E-state index contributed by atoms with van der Waals surface area (Å²) in [7, 11) is 3.18. The van der Waals surface area contributed by atoms with Crippen molar-refractivity contribution < 1.29 is 24.4 Å². The van der Waals surface area contributed by atoms with Crippen molar-refractivity contribution in [3.05, 3.63) is 47.5 Å². The van der Waals surface area contributed by atoms with Crippen LogP contribution in [-0.2, 0) is 6.61 Å². The molecule has 5 heteroatoms. The van der Waals surface area contributed by atoms with Gasteiger partial charge in [0.1, 0.15) is 29.6 Å². The minimum absolute atomic E-state index is 0.0696. The second-order valence-electron chi connectivity index (χ2n) is 5.00. The average Bonchev–Trinajstić information content (AvgIpc) is 2.62. The van der Waals surface area contributed by atoms with Gasteiger partial charge in [-0.05, 0) is 55.8 Å². The van der Waals surface area contributed by atoms with Gasteiger partial charge in [0.05, 0.1) is 20.8 Å². The zero-order valence-corrected chi connectivity index (χ0v) is 15.0. The first-order valence-electron chi connectivity index (χ1n) is 7.69. The molecule has 0 fully saturated rings. The number of methoxy groups -OCH3 is 2. The van der Waals surface area contributed by atoms with E-state index in [1.165, 1.54) is 0 Å². The highest BCUT2D eigenvalue weighted by Gasteiger charge is 2.03. The van der Waals surface area contributed by atoms with E-state index in [9.17, 15) is 0 Å². The molecule has 0 unspecified atom stereocenters. The molecule has 0 atom stereocenters. The second kappa shape index (κ2) is 10.8. The Morgan fingerprint density at radius 2 is 1.68 bits per heavy atom. The van der Waals surface area contributed by atoms with E-state index >= 15 is 0 Å². The number of rotatable bonds is 5. The van der Waals surface area contributed by atoms with Crippen molar-refractivity contribution in [1.29, 1.82) is 0 Å². The van der Waals surface area contributed by atoms with Gasteiger partial charge in [-0.2, -0.15) is 0 Å². The fourth-order valence-corrected chi connectivity index (χ4v) is 2.02. The fraction of sp³-hybridized carbons (Fsp3) is 0.300. The average molecular weight is 344 g/mol. The quantitative estimate of drug-likeness (QED) is 0.815. The summed E-state index contributed by atoms with van der Waals surface area (Å²) in [5.74, 6) is 7.96. The van der Waals surface area contributed by atoms with E-state index < -0.39 is 0 Å². The van der Waals surface area contributed by atoms with Gasteiger partial charge >= 0.3 is 0 Å². The molecule has 2 N–H and O–H groups in total. The van der Waals surface area contributed by atoms with Gasteiger partial charge in [0.25, 0.3) is 0 Å². The minimum Gasteiger partial charge on any atom is -0.508 e. The maximum absolute atomic E-state index is 9.08. The van der Waals surface area contributed by atoms with Crippen LogP contribution in [0.25, 0.3) is 0 Å². The number of phenolic OH excluding ortho intramolecular Hbond substituents is 1. The Morgan fingerprint density at radius 1 is 1.00 bits per heavy atom. The fourth-order valence-electron chi connectivity index (χ4n) is 2.02. The molecule has 0 heterocycles. The van der Waals surface area contributed by atoms with Crippen molar-refractivity contribution in [3.63, 3.8) is 0 Å². The van der Waals surface area contributed by atoms with Crippen LogP contribution < -0.4 is 14.2 Å². The van der Waals surface area contributed by atoms with Gasteiger partial charge in [-0.3, -0.25) is 0 Å². The van der Waals surface area contributed by atoms with E-state index in [2.05, 4.69) is 11.8 Å². The maximum atomic E-state index is 9.08. The van der Waals surface area contributed by atoms with E-state index in [0.717, 1.165) is 11.3 Å². The molecule has 2 aromatic rings. The monoisotopic (exact) mass is 344 g/mol. The van der Waals surface area contributed by atoms with Crippen LogP contribution in [0.15, 0.2) is 36.4 Å². The van der Waals surface area contributed by atoms with E-state index in [-0.39, 0.29) is 12.4 Å². The zero-order valence-electron chi connectivity index (χ0n) is 15.0. The summed E-state index contributed by atoms with van der Waals surface area (Å²) < 4.78 is 15.4. The number of aliphatic hydroxyl groups is 1. The number of hydrogen-bond donors (Lipinski definition) is 2. The molecule has 5 nitrogen and oxygen atoms in total. The molecule has 0 aliphatic rings. The van der Waals surface area contributed by atoms with Crippen molar-refractivity contribution in [2.45, 2.75) is 20.5 Å². The molecule has 134 valence electrons. The summed E-state index contributed by atoms with van der Waals surface area (Å²) in [6.07, 6.45) is 0. The molecule has 0 amide bonds. The predicted octanol–water partition coefficient (Wildman–Crippen LogP) is 3.30. The van der Waals surface area contributed by atoms with Crippen molar-refractivity contribution in [2.75, 3.05) is 20.8 Å². The molecular weight excluding hydrogens is 320 g/mol. The van der Waals surface area contributed by atoms with E-state index in [0.29, 0.717) is 23.7 Å². The zero-order chi connectivity index (χ0) is 18.7. The molecule has 0 spiro atoms. The van der Waals surface area contributed by atoms with E-state index in [1.807, 2.05) is 6.92 Å². The third-order valence-corrected chi connectivity index (χ3v) is 3.29. The van der Waals surface area contributed by atoms with Crippen LogP contribution in [0, 0.1) is 18.8 Å². The molecular formula is C20H24O5. The first-order chi connectivity index (χ1) is 12.0. The Labute approximate surface area is 148 Å². The SMILES string of the molecule is CC#CCOc1ccc(OC)c(CO)c1.COc1ccc(O)cc1C. The van der Waals surface area contributed by atoms with Gasteiger partial charge in [-0.1, -0.05) is 5.92 Å². The van der Waals surface area contributed by atoms with Crippen LogP contribution in [0.1, 0.15) is 18.1 Å². The van der Waals surface area contributed by atoms with Gasteiger partial charge in [-0.25, -0.2) is 0 Å². The topological polar surface area (TPSA) is 68.2 Å². The van der Waals surface area contributed by atoms with Crippen molar-refractivity contribution in [3.8, 4) is 34.8 Å². The van der Waals surface area contributed by atoms with Crippen LogP contribution in [0.5, 0.6) is 23.0 Å². The lowest BCUT2D eigenvalue weighted by Crippen LogP contribution is -1.97. The lowest BCUT2D eigenvalue weighted by molar-refractivity contribution is 0.272. The standard InChI is InChI=1S/C12H14O3.C8H10O2/c1-3-4-7-15-11-5-6-12(14-2)10(8-11)9-13;1-6-5-7(9)3-4-8(6)10-2/h5-6,8,13H,7,9H2,1-2H3;3-5,9H,1-2H3. The second-order valence-corrected chi connectivity index (χ2v) is 5.00. The largest absolute Gasteiger partial charge is 0.508 e. The van der Waals surface area contributed by atoms with Gasteiger partial charge in [0.2, 0.25) is 0 Å². The van der Waals surface area contributed by atoms with Gasteiger partial charge in [0, 0.05) is 5.56 Å². The van der Waals surface area contributed by atoms with Crippen molar-refractivity contribution >= 4 is 0 Å². The van der Waals surface area contributed by atoms with E-state index in [1.54, 1.807) is 57.5 Å². The first kappa shape index (κ1) is 20.2. The highest BCUT2D eigenvalue weighted by atomic mass is 16.5. The van der Waals surface area contributed by atoms with Crippen LogP contribution in [0.4, 0.5) is 0 Å². The number of ether oxygens (including phenoxy) is 3. The van der Waals surface area contributed by atoms with Crippen LogP contribution >= 0.6 is 0 Å². The predicted molar refractivity (Wildman–Crippen MR) is 97.3 cm³/mol. The molecule has 0 bridgehead atoms. The van der Waals surface area contributed by atoms with Crippen molar-refractivity contribution in [2.24, 2.45) is 0 Å². The van der Waals surface area contributed by atoms with Crippen LogP contribution in [0.2, 0.25) is 0 Å². The molecule has 0 saturated heterocycles. The summed E-state index contributed by atoms with van der Waals surface area (Å²) >= 11 is 0. The number of hydrogen-bond acceptors (Lipinski definition) is 5.